The van der Waals surface area contributed by atoms with E-state index in [-0.39, 0.29) is 23.7 Å². The third kappa shape index (κ3) is 4.67. The van der Waals surface area contributed by atoms with Crippen molar-refractivity contribution >= 4 is 11.8 Å². The number of carbonyl (C=O) groups is 2. The van der Waals surface area contributed by atoms with Gasteiger partial charge < -0.3 is 14.5 Å². The van der Waals surface area contributed by atoms with Crippen LogP contribution >= 0.6 is 0 Å². The molecule has 1 saturated carbocycles. The van der Waals surface area contributed by atoms with Gasteiger partial charge in [0.25, 0.3) is 0 Å². The number of hydrogen-bond acceptors (Lipinski definition) is 3. The maximum Gasteiger partial charge on any atom is 0.227 e. The fourth-order valence-corrected chi connectivity index (χ4v) is 5.24. The molecule has 4 rings (SSSR count). The summed E-state index contributed by atoms with van der Waals surface area (Å²) in [5, 5.41) is 0. The van der Waals surface area contributed by atoms with E-state index in [1.807, 2.05) is 47.1 Å². The van der Waals surface area contributed by atoms with Crippen LogP contribution in [0.2, 0.25) is 0 Å². The van der Waals surface area contributed by atoms with E-state index < -0.39 is 0 Å². The van der Waals surface area contributed by atoms with Crippen LogP contribution in [0.3, 0.4) is 0 Å². The molecular weight excluding hydrogens is 400 g/mol. The van der Waals surface area contributed by atoms with E-state index in [1.54, 1.807) is 7.11 Å². The Kier molecular flexibility index (Phi) is 7.13. The minimum atomic E-state index is -0.237. The Balaban J connectivity index is 1.62. The van der Waals surface area contributed by atoms with E-state index in [9.17, 15) is 9.59 Å². The van der Waals surface area contributed by atoms with Crippen LogP contribution in [0, 0.1) is 11.8 Å². The molecule has 0 unspecified atom stereocenters. The van der Waals surface area contributed by atoms with Crippen LogP contribution in [0.5, 0.6) is 5.75 Å². The van der Waals surface area contributed by atoms with Crippen molar-refractivity contribution in [3.63, 3.8) is 0 Å². The molecule has 1 heterocycles. The van der Waals surface area contributed by atoms with E-state index in [0.29, 0.717) is 32.6 Å². The average molecular weight is 435 g/mol. The maximum atomic E-state index is 13.4. The number of para-hydroxylation sites is 1. The number of methoxy groups -OCH3 is 1. The second kappa shape index (κ2) is 10.2. The maximum absolute atomic E-state index is 13.4. The first kappa shape index (κ1) is 22.4. The molecule has 2 aliphatic rings. The highest BCUT2D eigenvalue weighted by Crippen LogP contribution is 2.34. The van der Waals surface area contributed by atoms with Crippen molar-refractivity contribution in [3.8, 4) is 16.9 Å². The van der Waals surface area contributed by atoms with Crippen molar-refractivity contribution in [1.29, 1.82) is 0 Å². The van der Waals surface area contributed by atoms with E-state index in [2.05, 4.69) is 18.2 Å². The van der Waals surface area contributed by atoms with Gasteiger partial charge >= 0.3 is 0 Å². The van der Waals surface area contributed by atoms with E-state index in [4.69, 9.17) is 4.74 Å². The first-order valence-corrected chi connectivity index (χ1v) is 11.9. The molecule has 2 fully saturated rings. The normalized spacial score (nSPS) is 19.8. The number of nitrogens with zero attached hydrogens (tertiary/aromatic N) is 2. The lowest BCUT2D eigenvalue weighted by molar-refractivity contribution is -0.136. The molecule has 5 heteroatoms. The molecule has 32 heavy (non-hydrogen) atoms. The number of likely N-dealkylation sites (N-methyl/N-ethyl adjacent to an activating group) is 1. The Morgan fingerprint density at radius 1 is 1.00 bits per heavy atom. The average Bonchev–Trinajstić information content (AvgIpc) is 3.32. The largest absolute Gasteiger partial charge is 0.496 e. The molecule has 5 nitrogen and oxygen atoms in total. The topological polar surface area (TPSA) is 49.9 Å². The van der Waals surface area contributed by atoms with Gasteiger partial charge in [-0.15, -0.1) is 0 Å². The zero-order chi connectivity index (χ0) is 22.5. The van der Waals surface area contributed by atoms with E-state index in [0.717, 1.165) is 48.1 Å². The summed E-state index contributed by atoms with van der Waals surface area (Å²) in [6, 6.07) is 16.2. The van der Waals surface area contributed by atoms with Crippen LogP contribution in [-0.4, -0.2) is 54.9 Å². The molecule has 1 saturated heterocycles. The third-order valence-electron chi connectivity index (χ3n) is 7.02. The second-order valence-corrected chi connectivity index (χ2v) is 8.94. The van der Waals surface area contributed by atoms with E-state index >= 15 is 0 Å². The van der Waals surface area contributed by atoms with Crippen LogP contribution in [0.1, 0.15) is 38.2 Å². The molecule has 0 bridgehead atoms. The van der Waals surface area contributed by atoms with Crippen LogP contribution in [0.25, 0.3) is 11.1 Å². The summed E-state index contributed by atoms with van der Waals surface area (Å²) in [7, 11) is 1.68. The summed E-state index contributed by atoms with van der Waals surface area (Å²) in [5.41, 5.74) is 3.22. The number of amides is 2. The number of benzene rings is 2. The van der Waals surface area contributed by atoms with Crippen molar-refractivity contribution in [2.75, 3.05) is 33.3 Å². The van der Waals surface area contributed by atoms with Crippen LogP contribution in [0.15, 0.2) is 48.5 Å². The first-order chi connectivity index (χ1) is 15.6. The van der Waals surface area contributed by atoms with Crippen molar-refractivity contribution in [2.24, 2.45) is 11.8 Å². The van der Waals surface area contributed by atoms with Crippen LogP contribution in [0.4, 0.5) is 0 Å². The minimum absolute atomic E-state index is 0.139. The zero-order valence-corrected chi connectivity index (χ0v) is 19.3. The highest BCUT2D eigenvalue weighted by molar-refractivity contribution is 5.84. The van der Waals surface area contributed by atoms with Crippen LogP contribution < -0.4 is 4.74 Å². The number of carbonyl (C=O) groups excluding carboxylic acids is 2. The number of rotatable bonds is 6. The van der Waals surface area contributed by atoms with Gasteiger partial charge in [-0.25, -0.2) is 0 Å². The third-order valence-corrected chi connectivity index (χ3v) is 7.02. The van der Waals surface area contributed by atoms with Gasteiger partial charge in [0, 0.05) is 37.7 Å². The zero-order valence-electron chi connectivity index (χ0n) is 19.3. The Bertz CT molecular complexity index is 951. The summed E-state index contributed by atoms with van der Waals surface area (Å²) in [4.78, 5) is 30.5. The van der Waals surface area contributed by atoms with Crippen molar-refractivity contribution < 1.29 is 14.3 Å². The Morgan fingerprint density at radius 2 is 1.69 bits per heavy atom. The Hall–Kier alpha value is -2.82. The molecule has 1 aliphatic carbocycles. The predicted molar refractivity (Wildman–Crippen MR) is 126 cm³/mol. The van der Waals surface area contributed by atoms with Gasteiger partial charge in [0.2, 0.25) is 11.8 Å². The monoisotopic (exact) mass is 434 g/mol. The number of ether oxygens (including phenoxy) is 1. The molecule has 170 valence electrons. The van der Waals surface area contributed by atoms with Gasteiger partial charge in [-0.3, -0.25) is 9.59 Å². The first-order valence-electron chi connectivity index (χ1n) is 11.9. The SMILES string of the molecule is CCN1CCN(C(=O)C2CCCC2)C[C@@H](Cc2ccccc2-c2ccccc2OC)C1=O. The van der Waals surface area contributed by atoms with Gasteiger partial charge in [0.05, 0.1) is 13.0 Å². The lowest BCUT2D eigenvalue weighted by atomic mass is 9.90. The van der Waals surface area contributed by atoms with Crippen molar-refractivity contribution in [1.82, 2.24) is 9.80 Å². The second-order valence-electron chi connectivity index (χ2n) is 8.94. The smallest absolute Gasteiger partial charge is 0.227 e. The predicted octanol–water partition coefficient (Wildman–Crippen LogP) is 4.40. The van der Waals surface area contributed by atoms with Gasteiger partial charge in [-0.2, -0.15) is 0 Å². The number of hydrogen-bond donors (Lipinski definition) is 0. The van der Waals surface area contributed by atoms with Crippen molar-refractivity contribution in [2.45, 2.75) is 39.0 Å². The molecule has 0 aromatic heterocycles. The lowest BCUT2D eigenvalue weighted by Crippen LogP contribution is -2.40. The fraction of sp³-hybridized carbons (Fsp3) is 0.481. The minimum Gasteiger partial charge on any atom is -0.496 e. The van der Waals surface area contributed by atoms with Gasteiger partial charge in [-0.1, -0.05) is 55.3 Å². The molecule has 2 amide bonds. The standard InChI is InChI=1S/C27H34N2O3/c1-3-28-16-17-29(26(30)20-10-4-5-11-20)19-22(27(28)31)18-21-12-6-7-13-23(21)24-14-8-9-15-25(24)32-2/h6-9,12-15,20,22H,3-5,10-11,16-19H2,1-2H3/t22-/m1/s1. The van der Waals surface area contributed by atoms with Gasteiger partial charge in [0.15, 0.2) is 0 Å². The summed E-state index contributed by atoms with van der Waals surface area (Å²) in [6.07, 6.45) is 4.86. The van der Waals surface area contributed by atoms with Crippen molar-refractivity contribution in [3.05, 3.63) is 54.1 Å². The highest BCUT2D eigenvalue weighted by Gasteiger charge is 2.35. The fourth-order valence-electron chi connectivity index (χ4n) is 5.24. The van der Waals surface area contributed by atoms with Gasteiger partial charge in [0.1, 0.15) is 5.75 Å². The summed E-state index contributed by atoms with van der Waals surface area (Å²) < 4.78 is 5.60. The van der Waals surface area contributed by atoms with Gasteiger partial charge in [-0.05, 0) is 43.4 Å². The molecule has 0 spiro atoms. The Labute approximate surface area is 191 Å². The summed E-state index contributed by atoms with van der Waals surface area (Å²) in [6.45, 7) is 4.46. The molecule has 1 atom stereocenters. The molecule has 2 aromatic rings. The quantitative estimate of drug-likeness (QED) is 0.677. The summed E-state index contributed by atoms with van der Waals surface area (Å²) in [5.74, 6) is 1.12. The molecular formula is C27H34N2O3. The molecule has 2 aromatic carbocycles. The van der Waals surface area contributed by atoms with Crippen LogP contribution in [-0.2, 0) is 16.0 Å². The highest BCUT2D eigenvalue weighted by atomic mass is 16.5. The molecule has 0 N–H and O–H groups in total. The van der Waals surface area contributed by atoms with E-state index in [1.165, 1.54) is 0 Å². The lowest BCUT2D eigenvalue weighted by Gasteiger charge is -2.26. The Morgan fingerprint density at radius 3 is 2.41 bits per heavy atom. The molecule has 1 aliphatic heterocycles. The summed E-state index contributed by atoms with van der Waals surface area (Å²) >= 11 is 0. The molecule has 0 radical (unpaired) electrons.